The normalized spacial score (nSPS) is 22.4. The molecule has 2 aromatic carbocycles. The number of nitrogens with one attached hydrogen (secondary N) is 1. The van der Waals surface area contributed by atoms with Crippen molar-refractivity contribution < 1.29 is 18.1 Å². The average molecular weight is 471 g/mol. The molecule has 1 saturated heterocycles. The molecule has 0 amide bonds. The molecule has 1 N–H and O–H groups in total. The molecule has 2 aliphatic rings. The Morgan fingerprint density at radius 2 is 2.06 bits per heavy atom. The van der Waals surface area contributed by atoms with Gasteiger partial charge in [0.15, 0.2) is 0 Å². The Kier molecular flexibility index (Phi) is 5.70. The molecule has 0 unspecified atom stereocenters. The molecule has 1 aliphatic carbocycles. The second-order valence-corrected chi connectivity index (χ2v) is 11.6. The third-order valence-electron chi connectivity index (χ3n) is 6.18. The van der Waals surface area contributed by atoms with E-state index in [-0.39, 0.29) is 18.0 Å². The zero-order chi connectivity index (χ0) is 23.2. The van der Waals surface area contributed by atoms with Crippen LogP contribution in [0.3, 0.4) is 0 Å². The Labute approximate surface area is 192 Å². The van der Waals surface area contributed by atoms with Crippen molar-refractivity contribution in [2.24, 2.45) is 10.3 Å². The van der Waals surface area contributed by atoms with Gasteiger partial charge >= 0.3 is 0 Å². The third-order valence-corrected chi connectivity index (χ3v) is 6.83. The molecule has 1 aliphatic heterocycles. The van der Waals surface area contributed by atoms with Gasteiger partial charge in [0.05, 0.1) is 29.6 Å². The Balaban J connectivity index is 1.49. The van der Waals surface area contributed by atoms with Crippen LogP contribution in [-0.4, -0.2) is 45.5 Å². The highest BCUT2D eigenvalue weighted by Gasteiger charge is 2.42. The molecular weight excluding hydrogens is 443 g/mol. The first kappa shape index (κ1) is 22.0. The second kappa shape index (κ2) is 8.53. The van der Waals surface area contributed by atoms with Crippen LogP contribution >= 0.6 is 0 Å². The molecule has 9 heteroatoms. The van der Waals surface area contributed by atoms with Crippen molar-refractivity contribution in [2.75, 3.05) is 24.4 Å². The number of ether oxygens (including phenoxy) is 2. The molecule has 3 atom stereocenters. The van der Waals surface area contributed by atoms with Crippen LogP contribution in [0.2, 0.25) is 0 Å². The van der Waals surface area contributed by atoms with E-state index in [0.717, 1.165) is 30.2 Å². The van der Waals surface area contributed by atoms with E-state index in [1.54, 1.807) is 24.6 Å². The first-order valence-electron chi connectivity index (χ1n) is 11.0. The SMILES string of the molecule is Cc1cc(N=S(C)(C)=O)cc2ncnc(Nc3ccc(F)cc3O[C@@H]3CO[C@@H]4CCC[C@@H]43)c12. The summed E-state index contributed by atoms with van der Waals surface area (Å²) in [5.74, 6) is 0.993. The molecule has 3 aromatic rings. The summed E-state index contributed by atoms with van der Waals surface area (Å²) in [4.78, 5) is 8.81. The summed E-state index contributed by atoms with van der Waals surface area (Å²) >= 11 is 0. The molecular formula is C24H27FN4O3S. The summed E-state index contributed by atoms with van der Waals surface area (Å²) in [6.07, 6.45) is 8.07. The lowest BCUT2D eigenvalue weighted by Crippen LogP contribution is -2.26. The highest BCUT2D eigenvalue weighted by molar-refractivity contribution is 7.92. The number of nitrogens with zero attached hydrogens (tertiary/aromatic N) is 3. The number of aryl methyl sites for hydroxylation is 1. The zero-order valence-electron chi connectivity index (χ0n) is 18.9. The fraction of sp³-hybridized carbons (Fsp3) is 0.417. The fourth-order valence-corrected chi connectivity index (χ4v) is 5.43. The molecule has 1 saturated carbocycles. The minimum atomic E-state index is -2.30. The van der Waals surface area contributed by atoms with Crippen LogP contribution in [0.15, 0.2) is 41.0 Å². The van der Waals surface area contributed by atoms with Gasteiger partial charge in [-0.05, 0) is 49.6 Å². The monoisotopic (exact) mass is 470 g/mol. The Morgan fingerprint density at radius 3 is 2.88 bits per heavy atom. The van der Waals surface area contributed by atoms with Crippen LogP contribution in [0, 0.1) is 18.7 Å². The maximum Gasteiger partial charge on any atom is 0.146 e. The number of fused-ring (bicyclic) bond motifs is 2. The quantitative estimate of drug-likeness (QED) is 0.557. The van der Waals surface area contributed by atoms with E-state index in [2.05, 4.69) is 19.6 Å². The number of aromatic nitrogens is 2. The molecule has 2 heterocycles. The van der Waals surface area contributed by atoms with E-state index in [9.17, 15) is 8.60 Å². The van der Waals surface area contributed by atoms with Crippen molar-refractivity contribution in [1.82, 2.24) is 9.97 Å². The molecule has 1 aromatic heterocycles. The van der Waals surface area contributed by atoms with Gasteiger partial charge in [-0.15, -0.1) is 0 Å². The van der Waals surface area contributed by atoms with E-state index >= 15 is 0 Å². The van der Waals surface area contributed by atoms with Gasteiger partial charge in [0.1, 0.15) is 29.8 Å². The van der Waals surface area contributed by atoms with Crippen LogP contribution in [-0.2, 0) is 14.5 Å². The standard InChI is InChI=1S/C24H27FN4O3S/c1-14-9-16(29-33(2,3)30)11-19-23(14)24(27-13-26-19)28-18-8-7-15(25)10-21(18)32-22-12-31-20-6-4-5-17(20)22/h7-11,13,17,20,22H,4-6,12H2,1-3H3,(H,26,27,28)/t17-,20+,22+/m0/s1. The van der Waals surface area contributed by atoms with Crippen LogP contribution in [0.1, 0.15) is 24.8 Å². The largest absolute Gasteiger partial charge is 0.485 e. The lowest BCUT2D eigenvalue weighted by atomic mass is 10.0. The van der Waals surface area contributed by atoms with Crippen LogP contribution < -0.4 is 10.1 Å². The Morgan fingerprint density at radius 1 is 1.21 bits per heavy atom. The predicted octanol–water partition coefficient (Wildman–Crippen LogP) is 5.13. The van der Waals surface area contributed by atoms with Gasteiger partial charge in [0.25, 0.3) is 0 Å². The van der Waals surface area contributed by atoms with Crippen LogP contribution in [0.5, 0.6) is 5.75 Å². The lowest BCUT2D eigenvalue weighted by Gasteiger charge is -2.21. The Hall–Kier alpha value is -2.78. The average Bonchev–Trinajstić information content (AvgIpc) is 3.34. The van der Waals surface area contributed by atoms with E-state index in [1.165, 1.54) is 18.5 Å². The number of benzene rings is 2. The first-order chi connectivity index (χ1) is 15.8. The van der Waals surface area contributed by atoms with Gasteiger partial charge < -0.3 is 14.8 Å². The van der Waals surface area contributed by atoms with Gasteiger partial charge in [-0.25, -0.2) is 18.6 Å². The summed E-state index contributed by atoms with van der Waals surface area (Å²) in [6, 6.07) is 8.10. The van der Waals surface area contributed by atoms with Gasteiger partial charge in [-0.3, -0.25) is 0 Å². The minimum Gasteiger partial charge on any atom is -0.485 e. The zero-order valence-corrected chi connectivity index (χ0v) is 19.7. The maximum atomic E-state index is 14.1. The molecule has 0 spiro atoms. The van der Waals surface area contributed by atoms with Crippen molar-refractivity contribution in [2.45, 2.75) is 38.4 Å². The molecule has 174 valence electrons. The van der Waals surface area contributed by atoms with Gasteiger partial charge in [0.2, 0.25) is 0 Å². The number of hydrogen-bond acceptors (Lipinski definition) is 7. The first-order valence-corrected chi connectivity index (χ1v) is 13.4. The van der Waals surface area contributed by atoms with Crippen molar-refractivity contribution in [3.05, 3.63) is 48.0 Å². The van der Waals surface area contributed by atoms with Crippen molar-refractivity contribution >= 4 is 37.8 Å². The number of rotatable bonds is 5. The van der Waals surface area contributed by atoms with Crippen molar-refractivity contribution in [3.8, 4) is 5.75 Å². The minimum absolute atomic E-state index is 0.0918. The van der Waals surface area contributed by atoms with Crippen molar-refractivity contribution in [1.29, 1.82) is 0 Å². The van der Waals surface area contributed by atoms with Crippen molar-refractivity contribution in [3.63, 3.8) is 0 Å². The third kappa shape index (κ3) is 4.65. The molecule has 33 heavy (non-hydrogen) atoms. The number of anilines is 2. The lowest BCUT2D eigenvalue weighted by molar-refractivity contribution is 0.0917. The maximum absolute atomic E-state index is 14.1. The summed E-state index contributed by atoms with van der Waals surface area (Å²) < 4.78 is 42.7. The number of hydrogen-bond donors (Lipinski definition) is 1. The smallest absolute Gasteiger partial charge is 0.146 e. The highest BCUT2D eigenvalue weighted by atomic mass is 32.2. The summed E-state index contributed by atoms with van der Waals surface area (Å²) in [5.41, 5.74) is 2.80. The molecule has 2 fully saturated rings. The van der Waals surface area contributed by atoms with Gasteiger partial charge in [0, 0.05) is 39.6 Å². The van der Waals surface area contributed by atoms with E-state index < -0.39 is 9.73 Å². The molecule has 7 nitrogen and oxygen atoms in total. The molecule has 0 bridgehead atoms. The second-order valence-electron chi connectivity index (χ2n) is 9.04. The van der Waals surface area contributed by atoms with Crippen LogP contribution in [0.4, 0.5) is 21.6 Å². The summed E-state index contributed by atoms with van der Waals surface area (Å²) in [6.45, 7) is 2.45. The van der Waals surface area contributed by atoms with Crippen LogP contribution in [0.25, 0.3) is 10.9 Å². The Bertz CT molecular complexity index is 1330. The van der Waals surface area contributed by atoms with Gasteiger partial charge in [-0.1, -0.05) is 6.42 Å². The predicted molar refractivity (Wildman–Crippen MR) is 128 cm³/mol. The summed E-state index contributed by atoms with van der Waals surface area (Å²) in [7, 11) is -2.30. The van der Waals surface area contributed by atoms with E-state index in [4.69, 9.17) is 9.47 Å². The topological polar surface area (TPSA) is 85.7 Å². The summed E-state index contributed by atoms with van der Waals surface area (Å²) in [5, 5.41) is 4.12. The molecule has 5 rings (SSSR count). The fourth-order valence-electron chi connectivity index (χ4n) is 4.81. The van der Waals surface area contributed by atoms with E-state index in [0.29, 0.717) is 41.0 Å². The molecule has 0 radical (unpaired) electrons. The number of halogens is 1. The van der Waals surface area contributed by atoms with E-state index in [1.807, 2.05) is 13.0 Å². The highest BCUT2D eigenvalue weighted by Crippen LogP contribution is 2.40. The van der Waals surface area contributed by atoms with Gasteiger partial charge in [-0.2, -0.15) is 4.36 Å².